The molecule has 0 unspecified atom stereocenters. The molecule has 1 aromatic rings. The molecule has 0 aliphatic carbocycles. The largest absolute Gasteiger partial charge is 0.478 e. The second-order valence-corrected chi connectivity index (χ2v) is 7.76. The zero-order valence-electron chi connectivity index (χ0n) is 12.7. The number of nitrogens with two attached hydrogens (primary N) is 1. The average Bonchev–Trinajstić information content (AvgIpc) is 2.36. The van der Waals surface area contributed by atoms with Crippen LogP contribution < -0.4 is 10.5 Å². The van der Waals surface area contributed by atoms with Crippen molar-refractivity contribution in [3.05, 3.63) is 23.8 Å². The Bertz CT molecular complexity index is 636. The van der Waals surface area contributed by atoms with Crippen molar-refractivity contribution in [1.82, 2.24) is 4.72 Å². The summed E-state index contributed by atoms with van der Waals surface area (Å²) in [5, 5.41) is 9.12. The van der Waals surface area contributed by atoms with Crippen molar-refractivity contribution in [3.8, 4) is 0 Å². The average molecular weight is 314 g/mol. The first-order chi connectivity index (χ1) is 9.47. The number of sulfonamides is 1. The van der Waals surface area contributed by atoms with E-state index in [2.05, 4.69) is 4.72 Å². The molecule has 6 nitrogen and oxygen atoms in total. The Morgan fingerprint density at radius 3 is 2.43 bits per heavy atom. The molecule has 0 atom stereocenters. The maximum atomic E-state index is 12.3. The molecule has 7 heteroatoms. The Kier molecular flexibility index (Phi) is 5.01. The molecule has 0 radical (unpaired) electrons. The van der Waals surface area contributed by atoms with Crippen molar-refractivity contribution >= 4 is 21.7 Å². The van der Waals surface area contributed by atoms with E-state index < -0.39 is 16.0 Å². The Balaban J connectivity index is 3.12. The number of carboxylic acid groups (broad SMARTS) is 1. The second kappa shape index (κ2) is 6.03. The molecule has 1 aromatic carbocycles. The Hall–Kier alpha value is -1.60. The van der Waals surface area contributed by atoms with E-state index in [1.807, 2.05) is 27.7 Å². The van der Waals surface area contributed by atoms with Crippen LogP contribution in [0.15, 0.2) is 23.1 Å². The minimum Gasteiger partial charge on any atom is -0.478 e. The van der Waals surface area contributed by atoms with Crippen molar-refractivity contribution in [2.45, 2.75) is 32.6 Å². The summed E-state index contributed by atoms with van der Waals surface area (Å²) in [5.41, 5.74) is 5.14. The van der Waals surface area contributed by atoms with Gasteiger partial charge in [0.1, 0.15) is 0 Å². The van der Waals surface area contributed by atoms with Crippen LogP contribution in [0.25, 0.3) is 0 Å². The van der Waals surface area contributed by atoms with Gasteiger partial charge in [0.15, 0.2) is 0 Å². The van der Waals surface area contributed by atoms with Gasteiger partial charge in [-0.15, -0.1) is 0 Å². The topological polar surface area (TPSA) is 109 Å². The molecule has 0 heterocycles. The number of carbonyl (C=O) groups is 1. The quantitative estimate of drug-likeness (QED) is 0.695. The molecule has 0 fully saturated rings. The Labute approximate surface area is 125 Å². The van der Waals surface area contributed by atoms with Crippen LogP contribution in [0, 0.1) is 11.3 Å². The smallest absolute Gasteiger partial charge is 0.337 e. The molecule has 0 spiro atoms. The molecule has 0 saturated carbocycles. The van der Waals surface area contributed by atoms with Crippen LogP contribution in [-0.4, -0.2) is 26.0 Å². The monoisotopic (exact) mass is 314 g/mol. The highest BCUT2D eigenvalue weighted by Gasteiger charge is 2.27. The molecule has 0 aliphatic heterocycles. The van der Waals surface area contributed by atoms with E-state index in [0.29, 0.717) is 0 Å². The number of nitrogens with one attached hydrogen (secondary N) is 1. The normalized spacial score (nSPS) is 12.6. The van der Waals surface area contributed by atoms with E-state index in [4.69, 9.17) is 10.8 Å². The van der Waals surface area contributed by atoms with Crippen LogP contribution in [-0.2, 0) is 10.0 Å². The summed E-state index contributed by atoms with van der Waals surface area (Å²) in [6, 6.07) is 3.72. The number of carboxylic acids is 1. The van der Waals surface area contributed by atoms with E-state index in [9.17, 15) is 13.2 Å². The van der Waals surface area contributed by atoms with Crippen molar-refractivity contribution in [2.75, 3.05) is 12.3 Å². The van der Waals surface area contributed by atoms with Gasteiger partial charge in [0, 0.05) is 12.2 Å². The molecule has 118 valence electrons. The van der Waals surface area contributed by atoms with Crippen molar-refractivity contribution in [1.29, 1.82) is 0 Å². The van der Waals surface area contributed by atoms with Gasteiger partial charge < -0.3 is 10.8 Å². The third kappa shape index (κ3) is 4.18. The molecule has 0 aliphatic rings. The van der Waals surface area contributed by atoms with Crippen LogP contribution in [0.1, 0.15) is 38.1 Å². The first kappa shape index (κ1) is 17.5. The molecule has 0 bridgehead atoms. The zero-order chi connectivity index (χ0) is 16.4. The number of anilines is 1. The standard InChI is InChI=1S/C14H22N2O4S/c1-9(2)14(3,4)8-16-21(19,20)12-6-5-10(15)7-11(12)13(17)18/h5-7,9,16H,8,15H2,1-4H3,(H,17,18). The van der Waals surface area contributed by atoms with Gasteiger partial charge in [0.25, 0.3) is 0 Å². The van der Waals surface area contributed by atoms with E-state index in [0.717, 1.165) is 6.07 Å². The van der Waals surface area contributed by atoms with Gasteiger partial charge in [-0.3, -0.25) is 0 Å². The first-order valence-corrected chi connectivity index (χ1v) is 8.08. The lowest BCUT2D eigenvalue weighted by Gasteiger charge is -2.29. The van der Waals surface area contributed by atoms with Gasteiger partial charge in [0.05, 0.1) is 10.5 Å². The summed E-state index contributed by atoms with van der Waals surface area (Å²) in [4.78, 5) is 10.9. The third-order valence-electron chi connectivity index (χ3n) is 3.80. The van der Waals surface area contributed by atoms with E-state index in [1.165, 1.54) is 12.1 Å². The van der Waals surface area contributed by atoms with E-state index in [-0.39, 0.29) is 34.0 Å². The third-order valence-corrected chi connectivity index (χ3v) is 5.26. The minimum absolute atomic E-state index is 0.203. The summed E-state index contributed by atoms with van der Waals surface area (Å²) in [6.45, 7) is 8.11. The predicted octanol–water partition coefficient (Wildman–Crippen LogP) is 1.93. The van der Waals surface area contributed by atoms with Crippen LogP contribution in [0.2, 0.25) is 0 Å². The number of aromatic carboxylic acids is 1. The summed E-state index contributed by atoms with van der Waals surface area (Å²) in [6.07, 6.45) is 0. The summed E-state index contributed by atoms with van der Waals surface area (Å²) in [7, 11) is -3.91. The first-order valence-electron chi connectivity index (χ1n) is 6.60. The Morgan fingerprint density at radius 2 is 1.95 bits per heavy atom. The number of hydrogen-bond donors (Lipinski definition) is 3. The summed E-state index contributed by atoms with van der Waals surface area (Å²) < 4.78 is 27.1. The Morgan fingerprint density at radius 1 is 1.38 bits per heavy atom. The second-order valence-electron chi connectivity index (χ2n) is 6.03. The minimum atomic E-state index is -3.91. The number of rotatable bonds is 6. The summed E-state index contributed by atoms with van der Waals surface area (Å²) >= 11 is 0. The van der Waals surface area contributed by atoms with Gasteiger partial charge >= 0.3 is 5.97 Å². The fourth-order valence-electron chi connectivity index (χ4n) is 1.51. The lowest BCUT2D eigenvalue weighted by Crippen LogP contribution is -2.37. The van der Waals surface area contributed by atoms with Crippen LogP contribution in [0.5, 0.6) is 0 Å². The lowest BCUT2D eigenvalue weighted by molar-refractivity contribution is 0.0692. The van der Waals surface area contributed by atoms with Crippen LogP contribution >= 0.6 is 0 Å². The van der Waals surface area contributed by atoms with Gasteiger partial charge in [-0.1, -0.05) is 27.7 Å². The van der Waals surface area contributed by atoms with Crippen LogP contribution in [0.4, 0.5) is 5.69 Å². The maximum Gasteiger partial charge on any atom is 0.337 e. The highest BCUT2D eigenvalue weighted by Crippen LogP contribution is 2.26. The van der Waals surface area contributed by atoms with Gasteiger partial charge in [-0.05, 0) is 29.5 Å². The van der Waals surface area contributed by atoms with Crippen molar-refractivity contribution in [2.24, 2.45) is 11.3 Å². The number of benzene rings is 1. The van der Waals surface area contributed by atoms with E-state index in [1.54, 1.807) is 0 Å². The van der Waals surface area contributed by atoms with Crippen molar-refractivity contribution < 1.29 is 18.3 Å². The highest BCUT2D eigenvalue weighted by molar-refractivity contribution is 7.89. The maximum absolute atomic E-state index is 12.3. The molecule has 4 N–H and O–H groups in total. The van der Waals surface area contributed by atoms with Gasteiger partial charge in [-0.25, -0.2) is 17.9 Å². The van der Waals surface area contributed by atoms with Gasteiger partial charge in [0.2, 0.25) is 10.0 Å². The molecule has 0 aromatic heterocycles. The number of nitrogen functional groups attached to an aromatic ring is 1. The van der Waals surface area contributed by atoms with Gasteiger partial charge in [-0.2, -0.15) is 0 Å². The SMILES string of the molecule is CC(C)C(C)(C)CNS(=O)(=O)c1ccc(N)cc1C(=O)O. The molecule has 1 rings (SSSR count). The molecule has 0 saturated heterocycles. The molecular weight excluding hydrogens is 292 g/mol. The predicted molar refractivity (Wildman–Crippen MR) is 81.6 cm³/mol. The lowest BCUT2D eigenvalue weighted by atomic mass is 9.81. The fraction of sp³-hybridized carbons (Fsp3) is 0.500. The zero-order valence-corrected chi connectivity index (χ0v) is 13.5. The fourth-order valence-corrected chi connectivity index (χ4v) is 2.91. The number of hydrogen-bond acceptors (Lipinski definition) is 4. The highest BCUT2D eigenvalue weighted by atomic mass is 32.2. The van der Waals surface area contributed by atoms with Crippen molar-refractivity contribution in [3.63, 3.8) is 0 Å². The molecule has 0 amide bonds. The van der Waals surface area contributed by atoms with Crippen LogP contribution in [0.3, 0.4) is 0 Å². The van der Waals surface area contributed by atoms with E-state index >= 15 is 0 Å². The molecular formula is C14H22N2O4S. The summed E-state index contributed by atoms with van der Waals surface area (Å²) in [5.74, 6) is -1.06. The molecule has 21 heavy (non-hydrogen) atoms.